The number of phenolic OH excluding ortho intramolecular Hbond substituents is 2. The fraction of sp³-hybridized carbons (Fsp3) is 0.375. The van der Waals surface area contributed by atoms with E-state index in [0.717, 1.165) is 22.3 Å². The standard InChI is InChI=1S/C32H36F2O2/c1-31(2,3)27-13-11-21(25-17-19(33)7-15-29(25)35)23(27)9-10-24-22(12-14-28(24)32(4,5)6)26-18-20(34)8-16-30(26)36/h7-8,13-18,35-36H,9-12H2,1-6H3. The number of halogens is 2. The quantitative estimate of drug-likeness (QED) is 0.439. The number of allylic oxidation sites excluding steroid dienone is 8. The second-order valence-corrected chi connectivity index (χ2v) is 11.9. The van der Waals surface area contributed by atoms with Crippen molar-refractivity contribution >= 4 is 11.1 Å². The van der Waals surface area contributed by atoms with Crippen LogP contribution in [0, 0.1) is 22.5 Å². The Morgan fingerprint density at radius 1 is 0.639 bits per heavy atom. The predicted octanol–water partition coefficient (Wildman–Crippen LogP) is 9.12. The first-order chi connectivity index (χ1) is 16.8. The topological polar surface area (TPSA) is 40.5 Å². The molecule has 0 aromatic heterocycles. The van der Waals surface area contributed by atoms with Crippen LogP contribution in [0.2, 0.25) is 0 Å². The number of aromatic hydroxyl groups is 2. The van der Waals surface area contributed by atoms with Gasteiger partial charge in [-0.1, -0.05) is 53.7 Å². The Morgan fingerprint density at radius 3 is 1.33 bits per heavy atom. The van der Waals surface area contributed by atoms with Gasteiger partial charge in [0.25, 0.3) is 0 Å². The maximum absolute atomic E-state index is 14.2. The highest BCUT2D eigenvalue weighted by Gasteiger charge is 2.32. The van der Waals surface area contributed by atoms with Gasteiger partial charge in [0.15, 0.2) is 0 Å². The fourth-order valence-electron chi connectivity index (χ4n) is 5.61. The minimum atomic E-state index is -0.376. The van der Waals surface area contributed by atoms with Crippen LogP contribution in [-0.4, -0.2) is 10.2 Å². The fourth-order valence-corrected chi connectivity index (χ4v) is 5.61. The average Bonchev–Trinajstić information content (AvgIpc) is 3.39. The summed E-state index contributed by atoms with van der Waals surface area (Å²) in [6.45, 7) is 13.0. The van der Waals surface area contributed by atoms with E-state index in [1.807, 2.05) is 0 Å². The number of phenols is 2. The third-order valence-electron chi connectivity index (χ3n) is 7.21. The SMILES string of the molecule is CC(C)(C)C1=CCC(c2cc(F)ccc2O)=C1CCC1=C(c2cc(F)ccc2O)CC=C1C(C)(C)C. The summed E-state index contributed by atoms with van der Waals surface area (Å²) in [7, 11) is 0. The number of hydrogen-bond donors (Lipinski definition) is 2. The Hall–Kier alpha value is -3.14. The molecule has 2 aliphatic rings. The zero-order valence-corrected chi connectivity index (χ0v) is 22.1. The first kappa shape index (κ1) is 25.9. The predicted molar refractivity (Wildman–Crippen MR) is 144 cm³/mol. The van der Waals surface area contributed by atoms with Crippen molar-refractivity contribution in [3.8, 4) is 11.5 Å². The summed E-state index contributed by atoms with van der Waals surface area (Å²) in [5.41, 5.74) is 7.41. The zero-order valence-electron chi connectivity index (χ0n) is 22.1. The molecular formula is C32H36F2O2. The molecular weight excluding hydrogens is 454 g/mol. The van der Waals surface area contributed by atoms with Gasteiger partial charge in [-0.25, -0.2) is 8.78 Å². The molecule has 4 rings (SSSR count). The van der Waals surface area contributed by atoms with Gasteiger partial charge in [0.05, 0.1) is 0 Å². The van der Waals surface area contributed by atoms with Gasteiger partial charge in [-0.2, -0.15) is 0 Å². The Bertz CT molecular complexity index is 1220. The van der Waals surface area contributed by atoms with E-state index in [1.165, 1.54) is 47.5 Å². The smallest absolute Gasteiger partial charge is 0.124 e. The van der Waals surface area contributed by atoms with Crippen molar-refractivity contribution in [3.05, 3.63) is 93.6 Å². The van der Waals surface area contributed by atoms with Crippen LogP contribution in [-0.2, 0) is 0 Å². The van der Waals surface area contributed by atoms with Gasteiger partial charge in [0, 0.05) is 11.1 Å². The molecule has 0 bridgehead atoms. The monoisotopic (exact) mass is 490 g/mol. The van der Waals surface area contributed by atoms with E-state index in [9.17, 15) is 19.0 Å². The molecule has 0 unspecified atom stereocenters. The largest absolute Gasteiger partial charge is 0.507 e. The summed E-state index contributed by atoms with van der Waals surface area (Å²) in [6, 6.07) is 8.19. The summed E-state index contributed by atoms with van der Waals surface area (Å²) in [6.07, 6.45) is 7.04. The van der Waals surface area contributed by atoms with E-state index in [1.54, 1.807) is 0 Å². The van der Waals surface area contributed by atoms with Crippen molar-refractivity contribution in [1.82, 2.24) is 0 Å². The van der Waals surface area contributed by atoms with Crippen LogP contribution in [0.15, 0.2) is 70.8 Å². The lowest BCUT2D eigenvalue weighted by Gasteiger charge is -2.27. The second kappa shape index (κ2) is 9.38. The van der Waals surface area contributed by atoms with E-state index >= 15 is 0 Å². The number of rotatable bonds is 5. The first-order valence-corrected chi connectivity index (χ1v) is 12.6. The third kappa shape index (κ3) is 5.04. The van der Waals surface area contributed by atoms with Gasteiger partial charge in [-0.3, -0.25) is 0 Å². The zero-order chi connectivity index (χ0) is 26.4. The van der Waals surface area contributed by atoms with Crippen molar-refractivity contribution in [2.75, 3.05) is 0 Å². The van der Waals surface area contributed by atoms with E-state index < -0.39 is 0 Å². The van der Waals surface area contributed by atoms with Crippen LogP contribution < -0.4 is 0 Å². The van der Waals surface area contributed by atoms with Crippen LogP contribution in [0.25, 0.3) is 11.1 Å². The minimum absolute atomic E-state index is 0.0770. The molecule has 190 valence electrons. The molecule has 0 atom stereocenters. The maximum atomic E-state index is 14.2. The van der Waals surface area contributed by atoms with E-state index in [0.29, 0.717) is 36.8 Å². The van der Waals surface area contributed by atoms with Crippen molar-refractivity contribution < 1.29 is 19.0 Å². The Kier molecular flexibility index (Phi) is 6.76. The molecule has 0 saturated heterocycles. The third-order valence-corrected chi connectivity index (χ3v) is 7.21. The molecule has 0 amide bonds. The van der Waals surface area contributed by atoms with E-state index in [4.69, 9.17) is 0 Å². The molecule has 36 heavy (non-hydrogen) atoms. The summed E-state index contributed by atoms with van der Waals surface area (Å²) < 4.78 is 28.3. The van der Waals surface area contributed by atoms with Crippen LogP contribution in [0.5, 0.6) is 11.5 Å². The molecule has 4 heteroatoms. The Labute approximate surface area is 213 Å². The maximum Gasteiger partial charge on any atom is 0.124 e. The van der Waals surface area contributed by atoms with Crippen molar-refractivity contribution in [2.24, 2.45) is 10.8 Å². The van der Waals surface area contributed by atoms with Gasteiger partial charge in [0.2, 0.25) is 0 Å². The van der Waals surface area contributed by atoms with Gasteiger partial charge in [-0.05, 0) is 106 Å². The van der Waals surface area contributed by atoms with Gasteiger partial charge < -0.3 is 10.2 Å². The highest BCUT2D eigenvalue weighted by molar-refractivity contribution is 5.82. The lowest BCUT2D eigenvalue weighted by atomic mass is 9.77. The summed E-state index contributed by atoms with van der Waals surface area (Å²) in [4.78, 5) is 0. The molecule has 0 saturated carbocycles. The summed E-state index contributed by atoms with van der Waals surface area (Å²) >= 11 is 0. The van der Waals surface area contributed by atoms with Gasteiger partial charge in [-0.15, -0.1) is 0 Å². The van der Waals surface area contributed by atoms with Crippen LogP contribution in [0.3, 0.4) is 0 Å². The number of benzene rings is 2. The lowest BCUT2D eigenvalue weighted by molar-refractivity contribution is 0.470. The molecule has 0 heterocycles. The minimum Gasteiger partial charge on any atom is -0.507 e. The van der Waals surface area contributed by atoms with Gasteiger partial charge >= 0.3 is 0 Å². The van der Waals surface area contributed by atoms with Crippen molar-refractivity contribution in [2.45, 2.75) is 67.2 Å². The van der Waals surface area contributed by atoms with E-state index in [2.05, 4.69) is 53.7 Å². The average molecular weight is 491 g/mol. The normalized spacial score (nSPS) is 16.7. The number of hydrogen-bond acceptors (Lipinski definition) is 2. The van der Waals surface area contributed by atoms with Crippen LogP contribution in [0.1, 0.15) is 78.4 Å². The highest BCUT2D eigenvalue weighted by Crippen LogP contribution is 2.50. The summed E-state index contributed by atoms with van der Waals surface area (Å²) in [5, 5.41) is 21.1. The molecule has 0 radical (unpaired) electrons. The van der Waals surface area contributed by atoms with Crippen molar-refractivity contribution in [3.63, 3.8) is 0 Å². The molecule has 2 aromatic carbocycles. The molecule has 0 fully saturated rings. The van der Waals surface area contributed by atoms with E-state index in [-0.39, 0.29) is 34.0 Å². The van der Waals surface area contributed by atoms with Gasteiger partial charge in [0.1, 0.15) is 23.1 Å². The lowest BCUT2D eigenvalue weighted by Crippen LogP contribution is -2.13. The second-order valence-electron chi connectivity index (χ2n) is 11.9. The molecule has 2 nitrogen and oxygen atoms in total. The first-order valence-electron chi connectivity index (χ1n) is 12.6. The van der Waals surface area contributed by atoms with Crippen LogP contribution >= 0.6 is 0 Å². The van der Waals surface area contributed by atoms with Crippen molar-refractivity contribution in [1.29, 1.82) is 0 Å². The summed E-state index contributed by atoms with van der Waals surface area (Å²) in [5.74, 6) is -0.597. The van der Waals surface area contributed by atoms with Crippen LogP contribution in [0.4, 0.5) is 8.78 Å². The molecule has 2 N–H and O–H groups in total. The molecule has 2 aliphatic carbocycles. The Morgan fingerprint density at radius 2 is 1.00 bits per heavy atom. The molecule has 0 aliphatic heterocycles. The molecule has 2 aromatic rings. The Balaban J connectivity index is 1.81. The molecule has 0 spiro atoms. The highest BCUT2D eigenvalue weighted by atomic mass is 19.1.